The van der Waals surface area contributed by atoms with Crippen LogP contribution in [0.1, 0.15) is 27.9 Å². The predicted octanol–water partition coefficient (Wildman–Crippen LogP) is 5.16. The maximum Gasteiger partial charge on any atom is 0.228 e. The molecule has 3 rings (SSSR count). The lowest BCUT2D eigenvalue weighted by Crippen LogP contribution is -2.15. The monoisotopic (exact) mass is 344 g/mol. The third-order valence-corrected chi connectivity index (χ3v) is 4.58. The van der Waals surface area contributed by atoms with Gasteiger partial charge >= 0.3 is 0 Å². The molecule has 3 aromatic rings. The number of nitrogens with zero attached hydrogens (tertiary/aromatic N) is 1. The van der Waals surface area contributed by atoms with Crippen molar-refractivity contribution in [2.24, 2.45) is 0 Å². The summed E-state index contributed by atoms with van der Waals surface area (Å²) < 4.78 is 0. The number of hydrogen-bond donors (Lipinski definition) is 1. The maximum atomic E-state index is 12.5. The van der Waals surface area contributed by atoms with Gasteiger partial charge in [-0.3, -0.25) is 9.78 Å². The van der Waals surface area contributed by atoms with E-state index in [9.17, 15) is 4.79 Å². The Morgan fingerprint density at radius 1 is 0.885 bits per heavy atom. The van der Waals surface area contributed by atoms with E-state index in [1.54, 1.807) is 0 Å². The molecule has 0 spiro atoms. The summed E-state index contributed by atoms with van der Waals surface area (Å²) in [5, 5.41) is 3.00. The lowest BCUT2D eigenvalue weighted by Gasteiger charge is -2.12. The molecule has 0 unspecified atom stereocenters. The summed E-state index contributed by atoms with van der Waals surface area (Å²) in [5.74, 6) is 0.00700. The molecule has 0 atom stereocenters. The van der Waals surface area contributed by atoms with Gasteiger partial charge in [-0.1, -0.05) is 29.8 Å². The highest BCUT2D eigenvalue weighted by Gasteiger charge is 2.10. The molecule has 1 N–H and O–H groups in total. The van der Waals surface area contributed by atoms with E-state index in [1.165, 1.54) is 16.7 Å². The van der Waals surface area contributed by atoms with Gasteiger partial charge < -0.3 is 5.32 Å². The minimum absolute atomic E-state index is 0.00700. The second-order valence-corrected chi connectivity index (χ2v) is 6.87. The standard InChI is InChI=1S/C23H24N2O/c1-15-11-16(2)22(17(3)12-15)14-23(26)25-21-7-5-19(6-8-21)20-9-10-24-18(4)13-20/h5-13H,14H2,1-4H3,(H,25,26). The second-order valence-electron chi connectivity index (χ2n) is 6.87. The molecule has 132 valence electrons. The van der Waals surface area contributed by atoms with Crippen LogP contribution >= 0.6 is 0 Å². The summed E-state index contributed by atoms with van der Waals surface area (Å²) in [6, 6.07) is 16.2. The summed E-state index contributed by atoms with van der Waals surface area (Å²) in [6.07, 6.45) is 2.20. The summed E-state index contributed by atoms with van der Waals surface area (Å²) >= 11 is 0. The molecule has 2 aromatic carbocycles. The van der Waals surface area contributed by atoms with Crippen LogP contribution in [0, 0.1) is 27.7 Å². The number of carbonyl (C=O) groups excluding carboxylic acids is 1. The molecule has 0 radical (unpaired) electrons. The minimum atomic E-state index is 0.00700. The molecule has 0 saturated carbocycles. The van der Waals surface area contributed by atoms with Crippen LogP contribution in [0.25, 0.3) is 11.1 Å². The number of rotatable bonds is 4. The first-order chi connectivity index (χ1) is 12.4. The van der Waals surface area contributed by atoms with Crippen molar-refractivity contribution in [1.82, 2.24) is 4.98 Å². The fourth-order valence-electron chi connectivity index (χ4n) is 3.33. The number of carbonyl (C=O) groups is 1. The SMILES string of the molecule is Cc1cc(C)c(CC(=O)Nc2ccc(-c3ccnc(C)c3)cc2)c(C)c1. The Kier molecular flexibility index (Phi) is 5.17. The predicted molar refractivity (Wildman–Crippen MR) is 107 cm³/mol. The number of pyridine rings is 1. The van der Waals surface area contributed by atoms with E-state index in [4.69, 9.17) is 0 Å². The molecule has 0 saturated heterocycles. The molecule has 0 bridgehead atoms. The first kappa shape index (κ1) is 17.9. The molecule has 0 aliphatic rings. The van der Waals surface area contributed by atoms with Crippen molar-refractivity contribution in [2.45, 2.75) is 34.1 Å². The minimum Gasteiger partial charge on any atom is -0.326 e. The van der Waals surface area contributed by atoms with Crippen LogP contribution in [0.3, 0.4) is 0 Å². The molecule has 3 heteroatoms. The number of aryl methyl sites for hydroxylation is 4. The van der Waals surface area contributed by atoms with Crippen LogP contribution < -0.4 is 5.32 Å². The lowest BCUT2D eigenvalue weighted by molar-refractivity contribution is -0.115. The Bertz CT molecular complexity index is 920. The Morgan fingerprint density at radius 3 is 2.15 bits per heavy atom. The van der Waals surface area contributed by atoms with Crippen LogP contribution in [0.2, 0.25) is 0 Å². The highest BCUT2D eigenvalue weighted by molar-refractivity contribution is 5.93. The molecule has 3 nitrogen and oxygen atoms in total. The summed E-state index contributed by atoms with van der Waals surface area (Å²) in [6.45, 7) is 8.19. The van der Waals surface area contributed by atoms with Crippen LogP contribution in [0.5, 0.6) is 0 Å². The molecule has 1 aromatic heterocycles. The molecular formula is C23H24N2O. The van der Waals surface area contributed by atoms with E-state index >= 15 is 0 Å². The summed E-state index contributed by atoms with van der Waals surface area (Å²) in [7, 11) is 0. The number of anilines is 1. The molecule has 0 aliphatic heterocycles. The smallest absolute Gasteiger partial charge is 0.228 e. The lowest BCUT2D eigenvalue weighted by atomic mass is 9.97. The topological polar surface area (TPSA) is 42.0 Å². The van der Waals surface area contributed by atoms with Crippen LogP contribution in [0.15, 0.2) is 54.7 Å². The first-order valence-electron chi connectivity index (χ1n) is 8.82. The summed E-state index contributed by atoms with van der Waals surface area (Å²) in [4.78, 5) is 16.7. The van der Waals surface area contributed by atoms with Gasteiger partial charge in [0, 0.05) is 17.6 Å². The van der Waals surface area contributed by atoms with Crippen molar-refractivity contribution in [2.75, 3.05) is 5.32 Å². The average molecular weight is 344 g/mol. The zero-order valence-electron chi connectivity index (χ0n) is 15.8. The fourth-order valence-corrected chi connectivity index (χ4v) is 3.33. The van der Waals surface area contributed by atoms with Crippen molar-refractivity contribution < 1.29 is 4.79 Å². The number of nitrogens with one attached hydrogen (secondary N) is 1. The van der Waals surface area contributed by atoms with Gasteiger partial charge in [0.25, 0.3) is 0 Å². The Balaban J connectivity index is 1.70. The van der Waals surface area contributed by atoms with Crippen LogP contribution in [-0.2, 0) is 11.2 Å². The Labute approximate surface area is 155 Å². The Hall–Kier alpha value is -2.94. The van der Waals surface area contributed by atoms with Crippen molar-refractivity contribution in [3.8, 4) is 11.1 Å². The largest absolute Gasteiger partial charge is 0.326 e. The van der Waals surface area contributed by atoms with E-state index in [1.807, 2.05) is 43.5 Å². The van der Waals surface area contributed by atoms with Gasteiger partial charge in [0.15, 0.2) is 0 Å². The third-order valence-electron chi connectivity index (χ3n) is 4.58. The van der Waals surface area contributed by atoms with Crippen LogP contribution in [-0.4, -0.2) is 10.9 Å². The maximum absolute atomic E-state index is 12.5. The van der Waals surface area contributed by atoms with Crippen molar-refractivity contribution in [3.63, 3.8) is 0 Å². The van der Waals surface area contributed by atoms with Crippen molar-refractivity contribution in [1.29, 1.82) is 0 Å². The van der Waals surface area contributed by atoms with Gasteiger partial charge in [0.1, 0.15) is 0 Å². The van der Waals surface area contributed by atoms with E-state index in [2.05, 4.69) is 49.3 Å². The van der Waals surface area contributed by atoms with E-state index in [0.29, 0.717) is 6.42 Å². The average Bonchev–Trinajstić information content (AvgIpc) is 2.59. The summed E-state index contributed by atoms with van der Waals surface area (Å²) in [5.41, 5.74) is 8.71. The first-order valence-corrected chi connectivity index (χ1v) is 8.82. The zero-order chi connectivity index (χ0) is 18.7. The second kappa shape index (κ2) is 7.52. The highest BCUT2D eigenvalue weighted by Crippen LogP contribution is 2.22. The number of benzene rings is 2. The van der Waals surface area contributed by atoms with Gasteiger partial charge in [-0.05, 0) is 79.8 Å². The normalized spacial score (nSPS) is 10.6. The van der Waals surface area contributed by atoms with Gasteiger partial charge in [0.2, 0.25) is 5.91 Å². The van der Waals surface area contributed by atoms with E-state index in [-0.39, 0.29) is 5.91 Å². The molecule has 0 aliphatic carbocycles. The van der Waals surface area contributed by atoms with Crippen molar-refractivity contribution >= 4 is 11.6 Å². The number of hydrogen-bond acceptors (Lipinski definition) is 2. The molecule has 1 heterocycles. The molecule has 26 heavy (non-hydrogen) atoms. The Morgan fingerprint density at radius 2 is 1.54 bits per heavy atom. The van der Waals surface area contributed by atoms with E-state index < -0.39 is 0 Å². The quantitative estimate of drug-likeness (QED) is 0.710. The van der Waals surface area contributed by atoms with Crippen LogP contribution in [0.4, 0.5) is 5.69 Å². The molecule has 1 amide bonds. The van der Waals surface area contributed by atoms with Gasteiger partial charge in [-0.2, -0.15) is 0 Å². The van der Waals surface area contributed by atoms with Crippen molar-refractivity contribution in [3.05, 3.63) is 82.7 Å². The number of amides is 1. The van der Waals surface area contributed by atoms with Gasteiger partial charge in [-0.15, -0.1) is 0 Å². The van der Waals surface area contributed by atoms with Gasteiger partial charge in [-0.25, -0.2) is 0 Å². The van der Waals surface area contributed by atoms with E-state index in [0.717, 1.165) is 28.1 Å². The zero-order valence-corrected chi connectivity index (χ0v) is 15.8. The highest BCUT2D eigenvalue weighted by atomic mass is 16.1. The van der Waals surface area contributed by atoms with Gasteiger partial charge in [0.05, 0.1) is 6.42 Å². The molecular weight excluding hydrogens is 320 g/mol. The number of aromatic nitrogens is 1. The fraction of sp³-hybridized carbons (Fsp3) is 0.217. The third kappa shape index (κ3) is 4.17. The molecule has 0 fully saturated rings.